The predicted molar refractivity (Wildman–Crippen MR) is 57.9 cm³/mol. The molecular weight excluding hydrogens is 192 g/mol. The van der Waals surface area contributed by atoms with Crippen LogP contribution in [0, 0.1) is 0 Å². The molecule has 0 saturated heterocycles. The summed E-state index contributed by atoms with van der Waals surface area (Å²) < 4.78 is 5.21. The maximum Gasteiger partial charge on any atom is 0.160 e. The van der Waals surface area contributed by atoms with Crippen molar-refractivity contribution in [2.24, 2.45) is 5.10 Å². The molecule has 1 aromatic rings. The van der Waals surface area contributed by atoms with Crippen LogP contribution in [0.25, 0.3) is 0 Å². The Kier molecular flexibility index (Phi) is 1.71. The number of benzene rings is 1. The Labute approximate surface area is 87.7 Å². The topological polar surface area (TPSA) is 48.9 Å². The zero-order valence-electron chi connectivity index (χ0n) is 8.45. The molecule has 3 rings (SSSR count). The van der Waals surface area contributed by atoms with Crippen molar-refractivity contribution in [2.45, 2.75) is 0 Å². The Hall–Kier alpha value is -1.91. The molecule has 0 aliphatic carbocycles. The SMILES string of the molecule is COc1ccc2c(c1)C1=NNCN1CN2. The molecule has 2 heterocycles. The monoisotopic (exact) mass is 204 g/mol. The minimum absolute atomic E-state index is 0.763. The summed E-state index contributed by atoms with van der Waals surface area (Å²) in [5.41, 5.74) is 5.17. The van der Waals surface area contributed by atoms with Gasteiger partial charge < -0.3 is 15.0 Å². The van der Waals surface area contributed by atoms with Crippen molar-refractivity contribution < 1.29 is 4.74 Å². The maximum atomic E-state index is 5.21. The van der Waals surface area contributed by atoms with Gasteiger partial charge in [0.15, 0.2) is 5.84 Å². The number of nitrogens with zero attached hydrogens (tertiary/aromatic N) is 2. The van der Waals surface area contributed by atoms with Gasteiger partial charge in [0, 0.05) is 11.3 Å². The fraction of sp³-hybridized carbons (Fsp3) is 0.300. The van der Waals surface area contributed by atoms with Crippen LogP contribution >= 0.6 is 0 Å². The van der Waals surface area contributed by atoms with Gasteiger partial charge in [-0.3, -0.25) is 5.43 Å². The van der Waals surface area contributed by atoms with Crippen molar-refractivity contribution in [1.29, 1.82) is 0 Å². The summed E-state index contributed by atoms with van der Waals surface area (Å²) in [6.07, 6.45) is 0. The van der Waals surface area contributed by atoms with Gasteiger partial charge >= 0.3 is 0 Å². The number of amidine groups is 1. The van der Waals surface area contributed by atoms with Crippen molar-refractivity contribution in [3.63, 3.8) is 0 Å². The lowest BCUT2D eigenvalue weighted by Crippen LogP contribution is -2.38. The van der Waals surface area contributed by atoms with E-state index in [-0.39, 0.29) is 0 Å². The zero-order chi connectivity index (χ0) is 10.3. The van der Waals surface area contributed by atoms with Crippen molar-refractivity contribution in [3.8, 4) is 5.75 Å². The summed E-state index contributed by atoms with van der Waals surface area (Å²) in [7, 11) is 1.67. The second-order valence-corrected chi connectivity index (χ2v) is 3.54. The largest absolute Gasteiger partial charge is 0.497 e. The van der Waals surface area contributed by atoms with Crippen LogP contribution in [0.5, 0.6) is 5.75 Å². The van der Waals surface area contributed by atoms with Crippen LogP contribution in [0.2, 0.25) is 0 Å². The Morgan fingerprint density at radius 3 is 3.20 bits per heavy atom. The van der Waals surface area contributed by atoms with E-state index in [0.29, 0.717) is 0 Å². The lowest BCUT2D eigenvalue weighted by molar-refractivity contribution is 0.413. The molecule has 0 aromatic heterocycles. The zero-order valence-corrected chi connectivity index (χ0v) is 8.45. The molecule has 0 unspecified atom stereocenters. The number of rotatable bonds is 1. The van der Waals surface area contributed by atoms with Gasteiger partial charge in [-0.15, -0.1) is 0 Å². The molecule has 5 nitrogen and oxygen atoms in total. The number of nitrogens with one attached hydrogen (secondary N) is 2. The summed E-state index contributed by atoms with van der Waals surface area (Å²) in [6, 6.07) is 5.97. The lowest BCUT2D eigenvalue weighted by atomic mass is 10.1. The molecule has 0 amide bonds. The number of fused-ring (bicyclic) bond motifs is 3. The Balaban J connectivity index is 2.10. The van der Waals surface area contributed by atoms with Crippen molar-refractivity contribution in [1.82, 2.24) is 10.3 Å². The van der Waals surface area contributed by atoms with Crippen LogP contribution in [0.15, 0.2) is 23.3 Å². The third-order valence-electron chi connectivity index (χ3n) is 2.67. The third-order valence-corrected chi connectivity index (χ3v) is 2.67. The highest BCUT2D eigenvalue weighted by Crippen LogP contribution is 2.27. The smallest absolute Gasteiger partial charge is 0.160 e. The lowest BCUT2D eigenvalue weighted by Gasteiger charge is -2.27. The average molecular weight is 204 g/mol. The molecular formula is C10H12N4O. The van der Waals surface area contributed by atoms with Crippen molar-refractivity contribution in [3.05, 3.63) is 23.8 Å². The molecule has 1 aromatic carbocycles. The molecule has 2 aliphatic heterocycles. The molecule has 2 N–H and O–H groups in total. The number of anilines is 1. The summed E-state index contributed by atoms with van der Waals surface area (Å²) in [4.78, 5) is 2.14. The fourth-order valence-corrected chi connectivity index (χ4v) is 1.87. The first-order chi connectivity index (χ1) is 7.38. The first-order valence-electron chi connectivity index (χ1n) is 4.86. The van der Waals surface area contributed by atoms with Crippen LogP contribution < -0.4 is 15.5 Å². The van der Waals surface area contributed by atoms with Gasteiger partial charge in [-0.05, 0) is 18.2 Å². The molecule has 0 radical (unpaired) electrons. The fourth-order valence-electron chi connectivity index (χ4n) is 1.87. The highest BCUT2D eigenvalue weighted by molar-refractivity contribution is 6.05. The molecule has 15 heavy (non-hydrogen) atoms. The number of hydrazone groups is 1. The van der Waals surface area contributed by atoms with E-state index in [0.717, 1.165) is 36.2 Å². The van der Waals surface area contributed by atoms with Crippen LogP contribution in [0.4, 0.5) is 5.69 Å². The van der Waals surface area contributed by atoms with Crippen LogP contribution in [0.3, 0.4) is 0 Å². The number of hydrogen-bond donors (Lipinski definition) is 2. The Bertz CT molecular complexity index is 429. The van der Waals surface area contributed by atoms with Crippen LogP contribution in [-0.4, -0.2) is 31.2 Å². The van der Waals surface area contributed by atoms with Gasteiger partial charge in [-0.2, -0.15) is 5.10 Å². The number of methoxy groups -OCH3 is 1. The molecule has 2 aliphatic rings. The number of ether oxygens (including phenoxy) is 1. The molecule has 0 spiro atoms. The Morgan fingerprint density at radius 2 is 2.33 bits per heavy atom. The van der Waals surface area contributed by atoms with Crippen LogP contribution in [0.1, 0.15) is 5.56 Å². The summed E-state index contributed by atoms with van der Waals surface area (Å²) >= 11 is 0. The van der Waals surface area contributed by atoms with E-state index in [2.05, 4.69) is 20.7 Å². The molecule has 0 atom stereocenters. The standard InChI is InChI=1S/C10H12N4O/c1-15-7-2-3-9-8(4-7)10-13-12-6-14(10)5-11-9/h2-4,11-12H,5-6H2,1H3. The van der Waals surface area contributed by atoms with E-state index in [4.69, 9.17) is 4.74 Å². The van der Waals surface area contributed by atoms with Gasteiger partial charge in [-0.1, -0.05) is 0 Å². The molecule has 0 fully saturated rings. The van der Waals surface area contributed by atoms with E-state index in [1.807, 2.05) is 18.2 Å². The average Bonchev–Trinajstić information content (AvgIpc) is 2.76. The predicted octanol–water partition coefficient (Wildman–Crippen LogP) is 0.602. The van der Waals surface area contributed by atoms with Crippen molar-refractivity contribution in [2.75, 3.05) is 25.8 Å². The van der Waals surface area contributed by atoms with E-state index in [1.54, 1.807) is 7.11 Å². The quantitative estimate of drug-likeness (QED) is 0.703. The normalized spacial score (nSPS) is 17.1. The number of hydrogen-bond acceptors (Lipinski definition) is 5. The molecule has 0 saturated carbocycles. The molecule has 78 valence electrons. The molecule has 0 bridgehead atoms. The summed E-state index contributed by atoms with van der Waals surface area (Å²) in [5.74, 6) is 1.84. The first-order valence-corrected chi connectivity index (χ1v) is 4.86. The highest BCUT2D eigenvalue weighted by Gasteiger charge is 2.25. The first kappa shape index (κ1) is 8.40. The van der Waals surface area contributed by atoms with Crippen LogP contribution in [-0.2, 0) is 0 Å². The summed E-state index contributed by atoms with van der Waals surface area (Å²) in [5, 5.41) is 7.61. The van der Waals surface area contributed by atoms with E-state index in [9.17, 15) is 0 Å². The van der Waals surface area contributed by atoms with E-state index >= 15 is 0 Å². The van der Waals surface area contributed by atoms with E-state index in [1.165, 1.54) is 0 Å². The van der Waals surface area contributed by atoms with Crippen molar-refractivity contribution >= 4 is 11.5 Å². The third kappa shape index (κ3) is 1.20. The minimum Gasteiger partial charge on any atom is -0.497 e. The van der Waals surface area contributed by atoms with Gasteiger partial charge in [-0.25, -0.2) is 0 Å². The second kappa shape index (κ2) is 3.05. The Morgan fingerprint density at radius 1 is 1.40 bits per heavy atom. The highest BCUT2D eigenvalue weighted by atomic mass is 16.5. The second-order valence-electron chi connectivity index (χ2n) is 3.54. The molecule has 5 heteroatoms. The van der Waals surface area contributed by atoms with Gasteiger partial charge in [0.25, 0.3) is 0 Å². The van der Waals surface area contributed by atoms with E-state index < -0.39 is 0 Å². The summed E-state index contributed by atoms with van der Waals surface area (Å²) in [6.45, 7) is 1.56. The van der Waals surface area contributed by atoms with Gasteiger partial charge in [0.1, 0.15) is 12.4 Å². The maximum absolute atomic E-state index is 5.21. The minimum atomic E-state index is 0.763. The van der Waals surface area contributed by atoms with Gasteiger partial charge in [0.05, 0.1) is 13.8 Å². The van der Waals surface area contributed by atoms with Gasteiger partial charge in [0.2, 0.25) is 0 Å².